The van der Waals surface area contributed by atoms with Crippen LogP contribution in [0.2, 0.25) is 0 Å². The summed E-state index contributed by atoms with van der Waals surface area (Å²) in [7, 11) is 0. The zero-order valence-electron chi connectivity index (χ0n) is 18.4. The standard InChI is InChI=1S/C26H30N4/c1-20-12-14-21(15-13-20)22(18-29-25(2,3)23-10-6-8-16-27-23)19-30-26(4,5)24-11-7-9-17-28-24/h6-19,29H,1-5H3/b22-18+,30-19?. The lowest BCUT2D eigenvalue weighted by molar-refractivity contribution is 0.452. The first kappa shape index (κ1) is 21.4. The van der Waals surface area contributed by atoms with Crippen LogP contribution < -0.4 is 5.32 Å². The monoisotopic (exact) mass is 398 g/mol. The summed E-state index contributed by atoms with van der Waals surface area (Å²) in [4.78, 5) is 13.9. The molecule has 2 aromatic heterocycles. The van der Waals surface area contributed by atoms with Gasteiger partial charge in [0.05, 0.1) is 22.5 Å². The van der Waals surface area contributed by atoms with Crippen LogP contribution in [-0.2, 0) is 11.1 Å². The van der Waals surface area contributed by atoms with Crippen molar-refractivity contribution in [1.82, 2.24) is 15.3 Å². The lowest BCUT2D eigenvalue weighted by atomic mass is 9.98. The highest BCUT2D eigenvalue weighted by Crippen LogP contribution is 2.24. The fraction of sp³-hybridized carbons (Fsp3) is 0.269. The van der Waals surface area contributed by atoms with Gasteiger partial charge < -0.3 is 5.32 Å². The highest BCUT2D eigenvalue weighted by Gasteiger charge is 2.21. The van der Waals surface area contributed by atoms with E-state index < -0.39 is 5.54 Å². The number of benzene rings is 1. The van der Waals surface area contributed by atoms with E-state index in [9.17, 15) is 0 Å². The van der Waals surface area contributed by atoms with Crippen molar-refractivity contribution in [2.24, 2.45) is 4.99 Å². The second-order valence-electron chi connectivity index (χ2n) is 8.48. The van der Waals surface area contributed by atoms with E-state index in [-0.39, 0.29) is 5.54 Å². The first-order chi connectivity index (χ1) is 14.3. The molecule has 0 bridgehead atoms. The van der Waals surface area contributed by atoms with E-state index in [2.05, 4.69) is 74.2 Å². The molecule has 1 aromatic carbocycles. The van der Waals surface area contributed by atoms with Gasteiger partial charge in [0.25, 0.3) is 0 Å². The molecule has 4 heteroatoms. The van der Waals surface area contributed by atoms with Gasteiger partial charge in [-0.2, -0.15) is 0 Å². The number of hydrogen-bond acceptors (Lipinski definition) is 4. The van der Waals surface area contributed by atoms with Gasteiger partial charge in [-0.3, -0.25) is 15.0 Å². The molecule has 3 rings (SSSR count). The Labute approximate surface area is 179 Å². The molecule has 0 atom stereocenters. The van der Waals surface area contributed by atoms with Crippen molar-refractivity contribution in [2.45, 2.75) is 45.7 Å². The van der Waals surface area contributed by atoms with E-state index >= 15 is 0 Å². The van der Waals surface area contributed by atoms with Gasteiger partial charge in [-0.15, -0.1) is 0 Å². The molecule has 3 aromatic rings. The first-order valence-electron chi connectivity index (χ1n) is 10.2. The van der Waals surface area contributed by atoms with Crippen LogP contribution in [0.4, 0.5) is 0 Å². The smallest absolute Gasteiger partial charge is 0.0970 e. The molecule has 0 saturated carbocycles. The van der Waals surface area contributed by atoms with E-state index in [4.69, 9.17) is 4.99 Å². The van der Waals surface area contributed by atoms with Crippen LogP contribution in [0.25, 0.3) is 5.57 Å². The van der Waals surface area contributed by atoms with Crippen LogP contribution >= 0.6 is 0 Å². The average molecular weight is 399 g/mol. The average Bonchev–Trinajstić information content (AvgIpc) is 2.76. The molecule has 0 aliphatic heterocycles. The zero-order valence-corrected chi connectivity index (χ0v) is 18.4. The van der Waals surface area contributed by atoms with Gasteiger partial charge in [-0.1, -0.05) is 42.0 Å². The molecule has 4 nitrogen and oxygen atoms in total. The van der Waals surface area contributed by atoms with Crippen molar-refractivity contribution in [2.75, 3.05) is 0 Å². The molecule has 0 radical (unpaired) electrons. The summed E-state index contributed by atoms with van der Waals surface area (Å²) in [6.07, 6.45) is 7.58. The molecule has 1 N–H and O–H groups in total. The van der Waals surface area contributed by atoms with Gasteiger partial charge in [-0.25, -0.2) is 0 Å². The number of pyridine rings is 2. The summed E-state index contributed by atoms with van der Waals surface area (Å²) < 4.78 is 0. The molecule has 30 heavy (non-hydrogen) atoms. The molecule has 0 aliphatic rings. The summed E-state index contributed by atoms with van der Waals surface area (Å²) in [5, 5.41) is 3.53. The number of rotatable bonds is 7. The topological polar surface area (TPSA) is 50.2 Å². The van der Waals surface area contributed by atoms with Crippen molar-refractivity contribution in [3.63, 3.8) is 0 Å². The Kier molecular flexibility index (Phi) is 6.46. The molecule has 0 saturated heterocycles. The molecule has 2 heterocycles. The maximum Gasteiger partial charge on any atom is 0.0970 e. The normalized spacial score (nSPS) is 12.9. The summed E-state index contributed by atoms with van der Waals surface area (Å²) in [6, 6.07) is 20.4. The molecule has 0 amide bonds. The Hall–Kier alpha value is -3.27. The lowest BCUT2D eigenvalue weighted by Gasteiger charge is -2.25. The van der Waals surface area contributed by atoms with Crippen LogP contribution in [0.5, 0.6) is 0 Å². The lowest BCUT2D eigenvalue weighted by Crippen LogP contribution is -2.33. The van der Waals surface area contributed by atoms with Crippen LogP contribution in [-0.4, -0.2) is 16.2 Å². The van der Waals surface area contributed by atoms with Gasteiger partial charge in [-0.05, 0) is 64.4 Å². The minimum absolute atomic E-state index is 0.318. The highest BCUT2D eigenvalue weighted by atomic mass is 15.0. The SMILES string of the molecule is Cc1ccc(/C(C=NC(C)(C)c2ccccn2)=C/NC(C)(C)c2ccccn2)cc1. The third-order valence-corrected chi connectivity index (χ3v) is 5.10. The summed E-state index contributed by atoms with van der Waals surface area (Å²) in [5.74, 6) is 0. The van der Waals surface area contributed by atoms with Gasteiger partial charge in [0, 0.05) is 30.4 Å². The van der Waals surface area contributed by atoms with E-state index in [1.807, 2.05) is 55.0 Å². The number of nitrogens with zero attached hydrogens (tertiary/aromatic N) is 3. The van der Waals surface area contributed by atoms with Crippen molar-refractivity contribution in [1.29, 1.82) is 0 Å². The Morgan fingerprint density at radius 3 is 2.00 bits per heavy atom. The number of nitrogens with one attached hydrogen (secondary N) is 1. The third kappa shape index (κ3) is 5.41. The first-order valence-corrected chi connectivity index (χ1v) is 10.2. The highest BCUT2D eigenvalue weighted by molar-refractivity contribution is 6.09. The van der Waals surface area contributed by atoms with Gasteiger partial charge in [0.15, 0.2) is 0 Å². The van der Waals surface area contributed by atoms with Crippen LogP contribution in [0.3, 0.4) is 0 Å². The Morgan fingerprint density at radius 1 is 0.833 bits per heavy atom. The minimum Gasteiger partial charge on any atom is -0.380 e. The minimum atomic E-state index is -0.429. The van der Waals surface area contributed by atoms with E-state index in [1.165, 1.54) is 5.56 Å². The van der Waals surface area contributed by atoms with Crippen LogP contribution in [0.1, 0.15) is 50.2 Å². The van der Waals surface area contributed by atoms with Crippen LogP contribution in [0, 0.1) is 6.92 Å². The van der Waals surface area contributed by atoms with E-state index in [1.54, 1.807) is 6.20 Å². The Balaban J connectivity index is 1.93. The molecular weight excluding hydrogens is 368 g/mol. The van der Waals surface area contributed by atoms with E-state index in [0.717, 1.165) is 22.5 Å². The summed E-state index contributed by atoms with van der Waals surface area (Å²) in [5.41, 5.74) is 4.50. The predicted molar refractivity (Wildman–Crippen MR) is 125 cm³/mol. The van der Waals surface area contributed by atoms with Crippen molar-refractivity contribution >= 4 is 11.8 Å². The Bertz CT molecular complexity index is 1000. The zero-order chi connectivity index (χ0) is 21.6. The predicted octanol–water partition coefficient (Wildman–Crippen LogP) is 5.66. The van der Waals surface area contributed by atoms with Crippen molar-refractivity contribution < 1.29 is 0 Å². The van der Waals surface area contributed by atoms with Crippen LogP contribution in [0.15, 0.2) is 84.2 Å². The molecule has 0 unspecified atom stereocenters. The van der Waals surface area contributed by atoms with Gasteiger partial charge in [0.1, 0.15) is 0 Å². The molecule has 0 fully saturated rings. The largest absolute Gasteiger partial charge is 0.380 e. The number of aliphatic imine (C=N–C) groups is 1. The molecule has 154 valence electrons. The maximum atomic E-state index is 4.89. The Morgan fingerprint density at radius 2 is 1.43 bits per heavy atom. The van der Waals surface area contributed by atoms with Crippen molar-refractivity contribution in [3.05, 3.63) is 102 Å². The number of aromatic nitrogens is 2. The third-order valence-electron chi connectivity index (χ3n) is 5.10. The number of hydrogen-bond donors (Lipinski definition) is 1. The second kappa shape index (κ2) is 9.04. The van der Waals surface area contributed by atoms with E-state index in [0.29, 0.717) is 0 Å². The molecular formula is C26H30N4. The maximum absolute atomic E-state index is 4.89. The molecule has 0 spiro atoms. The number of allylic oxidation sites excluding steroid dienone is 1. The fourth-order valence-electron chi connectivity index (χ4n) is 3.03. The van der Waals surface area contributed by atoms with Crippen molar-refractivity contribution in [3.8, 4) is 0 Å². The summed E-state index contributed by atoms with van der Waals surface area (Å²) >= 11 is 0. The van der Waals surface area contributed by atoms with Gasteiger partial charge in [0.2, 0.25) is 0 Å². The van der Waals surface area contributed by atoms with Gasteiger partial charge >= 0.3 is 0 Å². The fourth-order valence-corrected chi connectivity index (χ4v) is 3.03. The quantitative estimate of drug-likeness (QED) is 0.523. The summed E-state index contributed by atoms with van der Waals surface area (Å²) in [6.45, 7) is 10.5. The second-order valence-corrected chi connectivity index (χ2v) is 8.48. The number of aryl methyl sites for hydroxylation is 1. The molecule has 0 aliphatic carbocycles.